The molecule has 1 atom stereocenters. The van der Waals surface area contributed by atoms with Gasteiger partial charge in [0.25, 0.3) is 0 Å². The Morgan fingerprint density at radius 2 is 2.09 bits per heavy atom. The van der Waals surface area contributed by atoms with Crippen LogP contribution in [0.15, 0.2) is 34.9 Å². The van der Waals surface area contributed by atoms with Gasteiger partial charge in [0.2, 0.25) is 0 Å². The molecular weight excluding hydrogens is 337 g/mol. The lowest BCUT2D eigenvalue weighted by Crippen LogP contribution is -2.42. The molecule has 1 aliphatic heterocycles. The van der Waals surface area contributed by atoms with Crippen LogP contribution in [0.4, 0.5) is 0 Å². The smallest absolute Gasteiger partial charge is 0.167 e. The van der Waals surface area contributed by atoms with E-state index in [4.69, 9.17) is 9.26 Å². The molecule has 1 saturated heterocycles. The summed E-state index contributed by atoms with van der Waals surface area (Å²) in [5.74, 6) is 1.63. The summed E-state index contributed by atoms with van der Waals surface area (Å²) in [6.45, 7) is 2.90. The third-order valence-corrected chi connectivity index (χ3v) is 3.80. The Morgan fingerprint density at radius 1 is 1.30 bits per heavy atom. The summed E-state index contributed by atoms with van der Waals surface area (Å²) >= 11 is 0. The van der Waals surface area contributed by atoms with Gasteiger partial charge >= 0.3 is 0 Å². The Labute approximate surface area is 149 Å². The molecule has 1 unspecified atom stereocenters. The van der Waals surface area contributed by atoms with E-state index in [0.717, 1.165) is 42.4 Å². The van der Waals surface area contributed by atoms with Gasteiger partial charge in [-0.2, -0.15) is 0 Å². The highest BCUT2D eigenvalue weighted by molar-refractivity contribution is 5.85. The fraction of sp³-hybridized carbons (Fsp3) is 0.438. The van der Waals surface area contributed by atoms with E-state index in [1.807, 2.05) is 30.3 Å². The zero-order chi connectivity index (χ0) is 14.5. The Kier molecular flexibility index (Phi) is 8.41. The summed E-state index contributed by atoms with van der Waals surface area (Å²) in [5.41, 5.74) is 1.94. The molecule has 0 amide bonds. The fourth-order valence-corrected chi connectivity index (χ4v) is 2.56. The molecule has 128 valence electrons. The van der Waals surface area contributed by atoms with Crippen LogP contribution in [0.5, 0.6) is 5.75 Å². The normalized spacial score (nSPS) is 17.0. The van der Waals surface area contributed by atoms with Crippen LogP contribution in [-0.4, -0.2) is 31.4 Å². The molecule has 1 aliphatic rings. The molecule has 3 rings (SSSR count). The first kappa shape index (κ1) is 19.8. The SMILES string of the molecule is COc1ccc(-c2cc(CNC3CCCNC3)no2)cc1.Cl.Cl. The van der Waals surface area contributed by atoms with Crippen LogP contribution in [0.25, 0.3) is 11.3 Å². The van der Waals surface area contributed by atoms with Crippen molar-refractivity contribution in [3.63, 3.8) is 0 Å². The molecule has 2 N–H and O–H groups in total. The second-order valence-electron chi connectivity index (χ2n) is 5.34. The number of halogens is 2. The molecule has 2 heterocycles. The van der Waals surface area contributed by atoms with Crippen molar-refractivity contribution in [1.82, 2.24) is 15.8 Å². The maximum absolute atomic E-state index is 5.42. The molecule has 1 aromatic heterocycles. The molecule has 0 bridgehead atoms. The van der Waals surface area contributed by atoms with Crippen LogP contribution in [0.1, 0.15) is 18.5 Å². The van der Waals surface area contributed by atoms with Gasteiger partial charge < -0.3 is 19.9 Å². The first-order valence-electron chi connectivity index (χ1n) is 7.39. The van der Waals surface area contributed by atoms with Gasteiger partial charge in [-0.15, -0.1) is 24.8 Å². The monoisotopic (exact) mass is 359 g/mol. The van der Waals surface area contributed by atoms with E-state index in [1.54, 1.807) is 7.11 Å². The number of piperidine rings is 1. The second kappa shape index (κ2) is 9.78. The molecule has 2 aromatic rings. The third kappa shape index (κ3) is 5.39. The van der Waals surface area contributed by atoms with E-state index in [0.29, 0.717) is 6.04 Å². The summed E-state index contributed by atoms with van der Waals surface area (Å²) in [5, 5.41) is 11.0. The van der Waals surface area contributed by atoms with Crippen LogP contribution < -0.4 is 15.4 Å². The lowest BCUT2D eigenvalue weighted by atomic mass is 10.1. The fourth-order valence-electron chi connectivity index (χ4n) is 2.56. The van der Waals surface area contributed by atoms with Crippen molar-refractivity contribution in [3.05, 3.63) is 36.0 Å². The summed E-state index contributed by atoms with van der Waals surface area (Å²) in [7, 11) is 1.66. The molecule has 0 saturated carbocycles. The van der Waals surface area contributed by atoms with Crippen LogP contribution in [0.3, 0.4) is 0 Å². The molecule has 0 aliphatic carbocycles. The summed E-state index contributed by atoms with van der Waals surface area (Å²) in [6, 6.07) is 10.3. The number of methoxy groups -OCH3 is 1. The Balaban J connectivity index is 0.00000132. The van der Waals surface area contributed by atoms with Crippen molar-refractivity contribution >= 4 is 24.8 Å². The van der Waals surface area contributed by atoms with Crippen molar-refractivity contribution < 1.29 is 9.26 Å². The lowest BCUT2D eigenvalue weighted by Gasteiger charge is -2.23. The van der Waals surface area contributed by atoms with Gasteiger partial charge in [0, 0.05) is 30.8 Å². The number of nitrogens with zero attached hydrogens (tertiary/aromatic N) is 1. The van der Waals surface area contributed by atoms with E-state index >= 15 is 0 Å². The van der Waals surface area contributed by atoms with E-state index in [1.165, 1.54) is 12.8 Å². The van der Waals surface area contributed by atoms with Crippen molar-refractivity contribution in [2.45, 2.75) is 25.4 Å². The van der Waals surface area contributed by atoms with Crippen molar-refractivity contribution in [2.75, 3.05) is 20.2 Å². The van der Waals surface area contributed by atoms with Gasteiger partial charge in [0.05, 0.1) is 12.8 Å². The number of hydrogen-bond donors (Lipinski definition) is 2. The van der Waals surface area contributed by atoms with Crippen molar-refractivity contribution in [2.24, 2.45) is 0 Å². The van der Waals surface area contributed by atoms with Gasteiger partial charge in [-0.25, -0.2) is 0 Å². The van der Waals surface area contributed by atoms with Crippen LogP contribution in [-0.2, 0) is 6.54 Å². The van der Waals surface area contributed by atoms with Crippen molar-refractivity contribution in [3.8, 4) is 17.1 Å². The number of aromatic nitrogens is 1. The van der Waals surface area contributed by atoms with Crippen LogP contribution >= 0.6 is 24.8 Å². The molecular formula is C16H23Cl2N3O2. The zero-order valence-electron chi connectivity index (χ0n) is 13.1. The Hall–Kier alpha value is -1.27. The number of hydrogen-bond acceptors (Lipinski definition) is 5. The zero-order valence-corrected chi connectivity index (χ0v) is 14.7. The van der Waals surface area contributed by atoms with Crippen LogP contribution in [0, 0.1) is 0 Å². The Bertz CT molecular complexity index is 569. The molecule has 5 nitrogen and oxygen atoms in total. The highest BCUT2D eigenvalue weighted by Gasteiger charge is 2.13. The molecule has 0 radical (unpaired) electrons. The predicted octanol–water partition coefficient (Wildman–Crippen LogP) is 3.04. The van der Waals surface area contributed by atoms with E-state index in [-0.39, 0.29) is 24.8 Å². The highest BCUT2D eigenvalue weighted by Crippen LogP contribution is 2.23. The standard InChI is InChI=1S/C16H21N3O2.2ClH/c1-20-15-6-4-12(5-7-15)16-9-14(19-21-16)11-18-13-3-2-8-17-10-13;;/h4-7,9,13,17-18H,2-3,8,10-11H2,1H3;2*1H. The summed E-state index contributed by atoms with van der Waals surface area (Å²) in [6.07, 6.45) is 2.45. The Morgan fingerprint density at radius 3 is 2.74 bits per heavy atom. The lowest BCUT2D eigenvalue weighted by molar-refractivity contribution is 0.376. The first-order valence-corrected chi connectivity index (χ1v) is 7.39. The average molecular weight is 360 g/mol. The minimum atomic E-state index is 0. The highest BCUT2D eigenvalue weighted by atomic mass is 35.5. The average Bonchev–Trinajstić information content (AvgIpc) is 3.03. The minimum Gasteiger partial charge on any atom is -0.497 e. The number of benzene rings is 1. The van der Waals surface area contributed by atoms with E-state index in [9.17, 15) is 0 Å². The van der Waals surface area contributed by atoms with Gasteiger partial charge in [-0.05, 0) is 43.7 Å². The van der Waals surface area contributed by atoms with Crippen molar-refractivity contribution in [1.29, 1.82) is 0 Å². The molecule has 7 heteroatoms. The van der Waals surface area contributed by atoms with Gasteiger partial charge in [0.1, 0.15) is 5.75 Å². The van der Waals surface area contributed by atoms with E-state index < -0.39 is 0 Å². The maximum atomic E-state index is 5.42. The number of nitrogens with one attached hydrogen (secondary N) is 2. The third-order valence-electron chi connectivity index (χ3n) is 3.80. The van der Waals surface area contributed by atoms with E-state index in [2.05, 4.69) is 15.8 Å². The topological polar surface area (TPSA) is 59.3 Å². The van der Waals surface area contributed by atoms with Gasteiger partial charge in [-0.3, -0.25) is 0 Å². The molecule has 1 fully saturated rings. The molecule has 23 heavy (non-hydrogen) atoms. The second-order valence-corrected chi connectivity index (χ2v) is 5.34. The van der Waals surface area contributed by atoms with Gasteiger partial charge in [-0.1, -0.05) is 5.16 Å². The summed E-state index contributed by atoms with van der Waals surface area (Å²) < 4.78 is 10.6. The first-order chi connectivity index (χ1) is 10.3. The largest absolute Gasteiger partial charge is 0.497 e. The molecule has 1 aromatic carbocycles. The summed E-state index contributed by atoms with van der Waals surface area (Å²) in [4.78, 5) is 0. The predicted molar refractivity (Wildman–Crippen MR) is 95.7 cm³/mol. The van der Waals surface area contributed by atoms with Gasteiger partial charge in [0.15, 0.2) is 5.76 Å². The van der Waals surface area contributed by atoms with Crippen LogP contribution in [0.2, 0.25) is 0 Å². The quantitative estimate of drug-likeness (QED) is 0.858. The molecule has 0 spiro atoms. The maximum Gasteiger partial charge on any atom is 0.167 e. The minimum absolute atomic E-state index is 0. The number of ether oxygens (including phenoxy) is 1. The number of rotatable bonds is 5.